The van der Waals surface area contributed by atoms with Gasteiger partial charge in [-0.05, 0) is 48.5 Å². The number of hydroxylamine groups is 1. The van der Waals surface area contributed by atoms with Crippen LogP contribution in [0.15, 0.2) is 67.1 Å². The molecule has 0 saturated heterocycles. The SMILES string of the molecule is COCCOCNOC(=O)c1cn(-c2ccc(NC(=O)Nc3ccc(Cl)c(C(F)(F)F)c3)cc2)c2cnccc12. The molecule has 2 aromatic heterocycles. The van der Waals surface area contributed by atoms with Crippen LogP contribution >= 0.6 is 11.6 Å². The average molecular weight is 578 g/mol. The highest BCUT2D eigenvalue weighted by atomic mass is 35.5. The van der Waals surface area contributed by atoms with Gasteiger partial charge in [-0.3, -0.25) is 4.98 Å². The Kier molecular flexibility index (Phi) is 9.22. The maximum Gasteiger partial charge on any atom is 0.417 e. The van der Waals surface area contributed by atoms with Crippen LogP contribution < -0.4 is 16.1 Å². The van der Waals surface area contributed by atoms with Gasteiger partial charge >= 0.3 is 18.2 Å². The number of amides is 2. The molecule has 0 atom stereocenters. The van der Waals surface area contributed by atoms with E-state index in [4.69, 9.17) is 25.9 Å². The second-order valence-corrected chi connectivity index (χ2v) is 8.61. The van der Waals surface area contributed by atoms with E-state index in [1.54, 1.807) is 60.6 Å². The van der Waals surface area contributed by atoms with Crippen LogP contribution in [0.5, 0.6) is 0 Å². The summed E-state index contributed by atoms with van der Waals surface area (Å²) in [6, 6.07) is 10.6. The molecule has 4 aromatic rings. The third-order valence-electron chi connectivity index (χ3n) is 5.52. The van der Waals surface area contributed by atoms with Crippen molar-refractivity contribution in [3.8, 4) is 5.69 Å². The number of methoxy groups -OCH3 is 1. The van der Waals surface area contributed by atoms with Gasteiger partial charge in [0, 0.05) is 42.0 Å². The number of carbonyl (C=O) groups excluding carboxylic acids is 2. The van der Waals surface area contributed by atoms with E-state index >= 15 is 0 Å². The van der Waals surface area contributed by atoms with Crippen molar-refractivity contribution in [1.82, 2.24) is 15.0 Å². The summed E-state index contributed by atoms with van der Waals surface area (Å²) in [5.74, 6) is -0.629. The molecule has 0 unspecified atom stereocenters. The number of hydrogen-bond acceptors (Lipinski definition) is 7. The van der Waals surface area contributed by atoms with Crippen LogP contribution in [0.2, 0.25) is 5.02 Å². The van der Waals surface area contributed by atoms with Gasteiger partial charge in [0.2, 0.25) is 0 Å². The number of pyridine rings is 1. The van der Waals surface area contributed by atoms with Gasteiger partial charge in [0.15, 0.2) is 0 Å². The molecule has 0 spiro atoms. The summed E-state index contributed by atoms with van der Waals surface area (Å²) in [7, 11) is 1.55. The van der Waals surface area contributed by atoms with E-state index in [9.17, 15) is 22.8 Å². The number of alkyl halides is 3. The van der Waals surface area contributed by atoms with Gasteiger partial charge in [-0.1, -0.05) is 11.6 Å². The van der Waals surface area contributed by atoms with Gasteiger partial charge < -0.3 is 29.5 Å². The summed E-state index contributed by atoms with van der Waals surface area (Å²) in [4.78, 5) is 34.3. The third kappa shape index (κ3) is 7.07. The van der Waals surface area contributed by atoms with Crippen molar-refractivity contribution in [2.45, 2.75) is 6.18 Å². The first-order valence-electron chi connectivity index (χ1n) is 11.7. The number of rotatable bonds is 10. The van der Waals surface area contributed by atoms with E-state index in [1.807, 2.05) is 0 Å². The third-order valence-corrected chi connectivity index (χ3v) is 5.85. The van der Waals surface area contributed by atoms with Crippen LogP contribution in [0.3, 0.4) is 0 Å². The molecule has 10 nitrogen and oxygen atoms in total. The summed E-state index contributed by atoms with van der Waals surface area (Å²) >= 11 is 5.62. The number of nitrogens with zero attached hydrogens (tertiary/aromatic N) is 2. The topological polar surface area (TPSA) is 116 Å². The lowest BCUT2D eigenvalue weighted by atomic mass is 10.2. The normalized spacial score (nSPS) is 11.4. The fraction of sp³-hybridized carbons (Fsp3) is 0.192. The summed E-state index contributed by atoms with van der Waals surface area (Å²) in [6.07, 6.45) is 0.0734. The minimum absolute atomic E-state index is 0.0150. The fourth-order valence-corrected chi connectivity index (χ4v) is 3.90. The Hall–Kier alpha value is -4.17. The zero-order valence-electron chi connectivity index (χ0n) is 20.9. The van der Waals surface area contributed by atoms with Crippen LogP contribution in [0, 0.1) is 0 Å². The second-order valence-electron chi connectivity index (χ2n) is 8.20. The van der Waals surface area contributed by atoms with Gasteiger partial charge in [-0.25, -0.2) is 9.59 Å². The Morgan fingerprint density at radius 2 is 1.75 bits per heavy atom. The molecule has 0 fully saturated rings. The van der Waals surface area contributed by atoms with Crippen LogP contribution in [-0.2, 0) is 20.5 Å². The second kappa shape index (κ2) is 12.8. The van der Waals surface area contributed by atoms with Crippen molar-refractivity contribution < 1.29 is 37.1 Å². The van der Waals surface area contributed by atoms with E-state index in [2.05, 4.69) is 21.1 Å². The van der Waals surface area contributed by atoms with E-state index in [0.717, 1.165) is 12.1 Å². The van der Waals surface area contributed by atoms with Gasteiger partial charge in [0.05, 0.1) is 41.1 Å². The highest BCUT2D eigenvalue weighted by Crippen LogP contribution is 2.36. The van der Waals surface area contributed by atoms with Crippen molar-refractivity contribution in [3.05, 3.63) is 83.3 Å². The number of aromatic nitrogens is 2. The lowest BCUT2D eigenvalue weighted by Gasteiger charge is -2.12. The molecule has 2 aromatic carbocycles. The zero-order chi connectivity index (χ0) is 28.7. The molecule has 2 amide bonds. The average Bonchev–Trinajstić information content (AvgIpc) is 3.31. The number of benzene rings is 2. The van der Waals surface area contributed by atoms with Crippen molar-refractivity contribution >= 4 is 45.9 Å². The number of halogens is 4. The number of carbonyl (C=O) groups is 2. The quantitative estimate of drug-likeness (QED) is 0.127. The smallest absolute Gasteiger partial charge is 0.382 e. The number of ether oxygens (including phenoxy) is 2. The first-order chi connectivity index (χ1) is 19.2. The highest BCUT2D eigenvalue weighted by Gasteiger charge is 2.33. The molecule has 14 heteroatoms. The monoisotopic (exact) mass is 577 g/mol. The molecule has 0 radical (unpaired) electrons. The number of anilines is 2. The van der Waals surface area contributed by atoms with Crippen molar-refractivity contribution in [1.29, 1.82) is 0 Å². The predicted molar refractivity (Wildman–Crippen MR) is 141 cm³/mol. The summed E-state index contributed by atoms with van der Waals surface area (Å²) in [5.41, 5.74) is 3.25. The maximum atomic E-state index is 13.1. The molecule has 2 heterocycles. The summed E-state index contributed by atoms with van der Waals surface area (Å²) < 4.78 is 51.1. The standard InChI is InChI=1S/C26H23ClF3N5O5/c1-38-10-11-39-15-32-40-24(36)20-14-35(23-13-31-9-8-19(20)23)18-5-2-16(3-6-18)33-25(37)34-17-4-7-22(27)21(12-17)26(28,29)30/h2-9,12-14,32H,10-11,15H2,1H3,(H2,33,34,37). The van der Waals surface area contributed by atoms with Crippen LogP contribution in [0.1, 0.15) is 15.9 Å². The largest absolute Gasteiger partial charge is 0.417 e. The molecular formula is C26H23ClF3N5O5. The Morgan fingerprint density at radius 3 is 2.48 bits per heavy atom. The summed E-state index contributed by atoms with van der Waals surface area (Å²) in [5, 5.41) is 5.04. The predicted octanol–water partition coefficient (Wildman–Crippen LogP) is 5.62. The first-order valence-corrected chi connectivity index (χ1v) is 12.1. The van der Waals surface area contributed by atoms with Crippen LogP contribution in [-0.4, -0.2) is 48.6 Å². The lowest BCUT2D eigenvalue weighted by Crippen LogP contribution is -2.23. The lowest BCUT2D eigenvalue weighted by molar-refractivity contribution is -0.137. The Labute approximate surface area is 230 Å². The minimum atomic E-state index is -4.66. The van der Waals surface area contributed by atoms with Gasteiger partial charge in [-0.2, -0.15) is 13.2 Å². The summed E-state index contributed by atoms with van der Waals surface area (Å²) in [6.45, 7) is 0.720. The number of nitrogens with one attached hydrogen (secondary N) is 3. The number of urea groups is 1. The molecule has 210 valence electrons. The van der Waals surface area contributed by atoms with Crippen molar-refractivity contribution in [3.63, 3.8) is 0 Å². The highest BCUT2D eigenvalue weighted by molar-refractivity contribution is 6.31. The van der Waals surface area contributed by atoms with Crippen LogP contribution in [0.25, 0.3) is 16.6 Å². The molecule has 0 aliphatic carbocycles. The Balaban J connectivity index is 1.44. The Bertz CT molecular complexity index is 1490. The van der Waals surface area contributed by atoms with Crippen molar-refractivity contribution in [2.24, 2.45) is 0 Å². The minimum Gasteiger partial charge on any atom is -0.382 e. The molecule has 0 bridgehead atoms. The fourth-order valence-electron chi connectivity index (χ4n) is 3.68. The molecule has 0 aliphatic heterocycles. The first kappa shape index (κ1) is 28.8. The van der Waals surface area contributed by atoms with E-state index in [1.165, 1.54) is 6.07 Å². The van der Waals surface area contributed by atoms with Gasteiger partial charge in [0.1, 0.15) is 6.73 Å². The van der Waals surface area contributed by atoms with E-state index < -0.39 is 28.8 Å². The Morgan fingerprint density at radius 1 is 1.02 bits per heavy atom. The van der Waals surface area contributed by atoms with Gasteiger partial charge in [0.25, 0.3) is 0 Å². The molecular weight excluding hydrogens is 555 g/mol. The number of fused-ring (bicyclic) bond motifs is 1. The molecule has 0 aliphatic rings. The molecule has 0 saturated carbocycles. The number of hydrogen-bond donors (Lipinski definition) is 3. The van der Waals surface area contributed by atoms with E-state index in [0.29, 0.717) is 35.5 Å². The van der Waals surface area contributed by atoms with Crippen LogP contribution in [0.4, 0.5) is 29.3 Å². The molecule has 40 heavy (non-hydrogen) atoms. The van der Waals surface area contributed by atoms with Crippen molar-refractivity contribution in [2.75, 3.05) is 37.7 Å². The molecule has 4 rings (SSSR count). The maximum absolute atomic E-state index is 13.1. The molecule has 3 N–H and O–H groups in total. The van der Waals surface area contributed by atoms with E-state index in [-0.39, 0.29) is 18.0 Å². The zero-order valence-corrected chi connectivity index (χ0v) is 21.7. The van der Waals surface area contributed by atoms with Gasteiger partial charge in [-0.15, -0.1) is 5.48 Å².